The van der Waals surface area contributed by atoms with Crippen molar-refractivity contribution in [3.05, 3.63) is 35.4 Å². The van der Waals surface area contributed by atoms with Crippen LogP contribution in [0.15, 0.2) is 24.3 Å². The molecule has 15 heavy (non-hydrogen) atoms. The van der Waals surface area contributed by atoms with Gasteiger partial charge in [-0.1, -0.05) is 24.3 Å². The van der Waals surface area contributed by atoms with Gasteiger partial charge in [0.1, 0.15) is 0 Å². The number of hydrogen-bond donors (Lipinski definition) is 2. The van der Waals surface area contributed by atoms with Crippen LogP contribution in [-0.4, -0.2) is 20.1 Å². The lowest BCUT2D eigenvalue weighted by Crippen LogP contribution is -2.28. The lowest BCUT2D eigenvalue weighted by Gasteiger charge is -2.23. The largest absolute Gasteiger partial charge is 0.316 e. The summed E-state index contributed by atoms with van der Waals surface area (Å²) in [5.74, 6) is 0.724. The third kappa shape index (κ3) is 2.80. The molecular formula is C13H20N2. The van der Waals surface area contributed by atoms with Gasteiger partial charge in [0.25, 0.3) is 0 Å². The monoisotopic (exact) mass is 204 g/mol. The van der Waals surface area contributed by atoms with Crippen LogP contribution in [0.2, 0.25) is 0 Å². The summed E-state index contributed by atoms with van der Waals surface area (Å²) >= 11 is 0. The molecular weight excluding hydrogens is 184 g/mol. The van der Waals surface area contributed by atoms with Crippen LogP contribution in [0.25, 0.3) is 0 Å². The average molecular weight is 204 g/mol. The summed E-state index contributed by atoms with van der Waals surface area (Å²) in [5.41, 5.74) is 2.85. The van der Waals surface area contributed by atoms with Crippen molar-refractivity contribution in [3.8, 4) is 0 Å². The molecule has 2 N–H and O–H groups in total. The second-order valence-electron chi connectivity index (χ2n) is 4.32. The molecule has 1 saturated heterocycles. The van der Waals surface area contributed by atoms with E-state index in [1.165, 1.54) is 30.5 Å². The molecule has 1 aromatic carbocycles. The molecule has 1 aliphatic rings. The molecule has 2 heteroatoms. The Balaban J connectivity index is 2.02. The van der Waals surface area contributed by atoms with Gasteiger partial charge >= 0.3 is 0 Å². The van der Waals surface area contributed by atoms with E-state index in [0.717, 1.165) is 19.0 Å². The summed E-state index contributed by atoms with van der Waals surface area (Å²) in [4.78, 5) is 0. The number of hydrogen-bond acceptors (Lipinski definition) is 2. The second kappa shape index (κ2) is 5.29. The number of benzene rings is 1. The maximum absolute atomic E-state index is 3.46. The van der Waals surface area contributed by atoms with E-state index >= 15 is 0 Å². The Labute approximate surface area is 92.1 Å². The number of piperidine rings is 1. The lowest BCUT2D eigenvalue weighted by atomic mass is 9.91. The molecule has 2 nitrogen and oxygen atoms in total. The van der Waals surface area contributed by atoms with Gasteiger partial charge in [0, 0.05) is 13.1 Å². The Morgan fingerprint density at radius 3 is 2.73 bits per heavy atom. The van der Waals surface area contributed by atoms with E-state index in [9.17, 15) is 0 Å². The normalized spacial score (nSPS) is 21.5. The van der Waals surface area contributed by atoms with Crippen molar-refractivity contribution in [1.29, 1.82) is 0 Å². The van der Waals surface area contributed by atoms with E-state index in [4.69, 9.17) is 0 Å². The standard InChI is InChI=1S/C13H20N2/c1-14-9-11-4-6-12(7-5-11)13-3-2-8-15-10-13/h4-7,13-15H,2-3,8-10H2,1H3. The van der Waals surface area contributed by atoms with Gasteiger partial charge in [-0.15, -0.1) is 0 Å². The zero-order valence-corrected chi connectivity index (χ0v) is 9.42. The van der Waals surface area contributed by atoms with Gasteiger partial charge in [-0.3, -0.25) is 0 Å². The Hall–Kier alpha value is -0.860. The Morgan fingerprint density at radius 2 is 2.13 bits per heavy atom. The number of nitrogens with one attached hydrogen (secondary N) is 2. The van der Waals surface area contributed by atoms with E-state index in [0.29, 0.717) is 0 Å². The first-order valence-electron chi connectivity index (χ1n) is 5.84. The summed E-state index contributed by atoms with van der Waals surface area (Å²) < 4.78 is 0. The van der Waals surface area contributed by atoms with Gasteiger partial charge in [-0.05, 0) is 43.5 Å². The SMILES string of the molecule is CNCc1ccc(C2CCCNC2)cc1. The molecule has 1 atom stereocenters. The van der Waals surface area contributed by atoms with Crippen molar-refractivity contribution >= 4 is 0 Å². The first-order valence-corrected chi connectivity index (χ1v) is 5.84. The van der Waals surface area contributed by atoms with Crippen molar-refractivity contribution in [2.24, 2.45) is 0 Å². The Bertz CT molecular complexity index is 286. The first kappa shape index (κ1) is 10.7. The number of rotatable bonds is 3. The lowest BCUT2D eigenvalue weighted by molar-refractivity contribution is 0.461. The van der Waals surface area contributed by atoms with Crippen LogP contribution < -0.4 is 10.6 Å². The molecule has 1 aromatic rings. The van der Waals surface area contributed by atoms with Gasteiger partial charge in [-0.2, -0.15) is 0 Å². The van der Waals surface area contributed by atoms with E-state index in [-0.39, 0.29) is 0 Å². The van der Waals surface area contributed by atoms with E-state index in [1.807, 2.05) is 7.05 Å². The van der Waals surface area contributed by atoms with Crippen LogP contribution in [0.5, 0.6) is 0 Å². The third-order valence-corrected chi connectivity index (χ3v) is 3.13. The van der Waals surface area contributed by atoms with Gasteiger partial charge < -0.3 is 10.6 Å². The summed E-state index contributed by atoms with van der Waals surface area (Å²) in [5, 5.41) is 6.63. The molecule has 0 aromatic heterocycles. The second-order valence-corrected chi connectivity index (χ2v) is 4.32. The fraction of sp³-hybridized carbons (Fsp3) is 0.538. The molecule has 82 valence electrons. The van der Waals surface area contributed by atoms with E-state index in [1.54, 1.807) is 0 Å². The van der Waals surface area contributed by atoms with Crippen LogP contribution in [-0.2, 0) is 6.54 Å². The molecule has 1 heterocycles. The van der Waals surface area contributed by atoms with E-state index in [2.05, 4.69) is 34.9 Å². The predicted molar refractivity (Wildman–Crippen MR) is 64.1 cm³/mol. The van der Waals surface area contributed by atoms with Crippen molar-refractivity contribution in [3.63, 3.8) is 0 Å². The maximum atomic E-state index is 3.46. The molecule has 0 radical (unpaired) electrons. The summed E-state index contributed by atoms with van der Waals surface area (Å²) in [6.07, 6.45) is 2.64. The van der Waals surface area contributed by atoms with Crippen molar-refractivity contribution in [2.45, 2.75) is 25.3 Å². The summed E-state index contributed by atoms with van der Waals surface area (Å²) in [6.45, 7) is 3.29. The average Bonchev–Trinajstić information content (AvgIpc) is 2.32. The Morgan fingerprint density at radius 1 is 1.33 bits per heavy atom. The van der Waals surface area contributed by atoms with Crippen molar-refractivity contribution in [2.75, 3.05) is 20.1 Å². The summed E-state index contributed by atoms with van der Waals surface area (Å²) in [6, 6.07) is 9.04. The molecule has 1 unspecified atom stereocenters. The fourth-order valence-electron chi connectivity index (χ4n) is 2.25. The molecule has 2 rings (SSSR count). The molecule has 0 bridgehead atoms. The highest BCUT2D eigenvalue weighted by Crippen LogP contribution is 2.23. The highest BCUT2D eigenvalue weighted by Gasteiger charge is 2.14. The highest BCUT2D eigenvalue weighted by atomic mass is 14.9. The molecule has 0 spiro atoms. The predicted octanol–water partition coefficient (Wildman–Crippen LogP) is 1.87. The van der Waals surface area contributed by atoms with Crippen molar-refractivity contribution < 1.29 is 0 Å². The zero-order valence-electron chi connectivity index (χ0n) is 9.42. The smallest absolute Gasteiger partial charge is 0.0202 e. The topological polar surface area (TPSA) is 24.1 Å². The van der Waals surface area contributed by atoms with Gasteiger partial charge in [0.15, 0.2) is 0 Å². The Kier molecular flexibility index (Phi) is 3.75. The summed E-state index contributed by atoms with van der Waals surface area (Å²) in [7, 11) is 1.99. The van der Waals surface area contributed by atoms with Gasteiger partial charge in [0.05, 0.1) is 0 Å². The van der Waals surface area contributed by atoms with Gasteiger partial charge in [-0.25, -0.2) is 0 Å². The minimum absolute atomic E-state index is 0.724. The maximum Gasteiger partial charge on any atom is 0.0202 e. The third-order valence-electron chi connectivity index (χ3n) is 3.13. The van der Waals surface area contributed by atoms with Crippen molar-refractivity contribution in [1.82, 2.24) is 10.6 Å². The molecule has 0 aliphatic carbocycles. The minimum Gasteiger partial charge on any atom is -0.316 e. The van der Waals surface area contributed by atoms with Gasteiger partial charge in [0.2, 0.25) is 0 Å². The zero-order chi connectivity index (χ0) is 10.5. The van der Waals surface area contributed by atoms with Crippen LogP contribution in [0.3, 0.4) is 0 Å². The molecule has 1 fully saturated rings. The minimum atomic E-state index is 0.724. The van der Waals surface area contributed by atoms with Crippen LogP contribution >= 0.6 is 0 Å². The molecule has 0 saturated carbocycles. The van der Waals surface area contributed by atoms with Crippen LogP contribution in [0.1, 0.15) is 29.9 Å². The fourth-order valence-corrected chi connectivity index (χ4v) is 2.25. The quantitative estimate of drug-likeness (QED) is 0.785. The molecule has 1 aliphatic heterocycles. The molecule has 0 amide bonds. The first-order chi connectivity index (χ1) is 7.40. The van der Waals surface area contributed by atoms with Crippen LogP contribution in [0, 0.1) is 0 Å². The highest BCUT2D eigenvalue weighted by molar-refractivity contribution is 5.26. The van der Waals surface area contributed by atoms with Crippen LogP contribution in [0.4, 0.5) is 0 Å². The van der Waals surface area contributed by atoms with E-state index < -0.39 is 0 Å².